The minimum Gasteiger partial charge on any atom is -0.479 e. The van der Waals surface area contributed by atoms with E-state index >= 15 is 0 Å². The second-order valence-corrected chi connectivity index (χ2v) is 5.26. The van der Waals surface area contributed by atoms with Gasteiger partial charge in [0.05, 0.1) is 0 Å². The molecule has 21 heavy (non-hydrogen) atoms. The van der Waals surface area contributed by atoms with Crippen LogP contribution >= 0.6 is 0 Å². The van der Waals surface area contributed by atoms with Gasteiger partial charge in [-0.2, -0.15) is 0 Å². The van der Waals surface area contributed by atoms with Crippen molar-refractivity contribution in [3.05, 3.63) is 71.8 Å². The Bertz CT molecular complexity index is 669. The number of aliphatic carboxylic acids is 1. The normalized spacial score (nSPS) is 23.3. The smallest absolute Gasteiger partial charge is 0.330 e. The monoisotopic (exact) mass is 281 g/mol. The molecule has 1 fully saturated rings. The molecule has 1 saturated carbocycles. The van der Waals surface area contributed by atoms with Crippen molar-refractivity contribution in [1.29, 1.82) is 0 Å². The summed E-state index contributed by atoms with van der Waals surface area (Å²) in [5, 5.41) is 12.2. The minimum absolute atomic E-state index is 0.177. The molecule has 2 N–H and O–H groups in total. The van der Waals surface area contributed by atoms with Crippen LogP contribution in [-0.4, -0.2) is 22.5 Å². The van der Waals surface area contributed by atoms with E-state index in [1.54, 1.807) is 24.3 Å². The van der Waals surface area contributed by atoms with Gasteiger partial charge in [0.25, 0.3) is 5.91 Å². The Hall–Kier alpha value is -2.62. The minimum atomic E-state index is -1.19. The first-order valence-electron chi connectivity index (χ1n) is 6.79. The van der Waals surface area contributed by atoms with E-state index in [-0.39, 0.29) is 11.8 Å². The molecule has 2 aromatic rings. The maximum absolute atomic E-state index is 12.2. The van der Waals surface area contributed by atoms with Crippen LogP contribution in [0.2, 0.25) is 0 Å². The quantitative estimate of drug-likeness (QED) is 0.904. The molecule has 0 heterocycles. The van der Waals surface area contributed by atoms with E-state index in [9.17, 15) is 14.7 Å². The molecule has 0 spiro atoms. The van der Waals surface area contributed by atoms with Gasteiger partial charge in [-0.25, -0.2) is 4.79 Å². The van der Waals surface area contributed by atoms with E-state index in [0.29, 0.717) is 12.0 Å². The summed E-state index contributed by atoms with van der Waals surface area (Å²) in [6, 6.07) is 18.1. The number of rotatable bonds is 4. The van der Waals surface area contributed by atoms with Gasteiger partial charge in [0.1, 0.15) is 5.54 Å². The van der Waals surface area contributed by atoms with Gasteiger partial charge < -0.3 is 10.4 Å². The first-order valence-corrected chi connectivity index (χ1v) is 6.79. The molecule has 0 saturated heterocycles. The zero-order chi connectivity index (χ0) is 14.9. The van der Waals surface area contributed by atoms with Crippen LogP contribution < -0.4 is 5.32 Å². The molecule has 2 aromatic carbocycles. The molecule has 4 nitrogen and oxygen atoms in total. The summed E-state index contributed by atoms with van der Waals surface area (Å²) >= 11 is 0. The van der Waals surface area contributed by atoms with E-state index < -0.39 is 11.5 Å². The van der Waals surface area contributed by atoms with E-state index in [2.05, 4.69) is 5.32 Å². The van der Waals surface area contributed by atoms with E-state index in [1.807, 2.05) is 36.4 Å². The fourth-order valence-corrected chi connectivity index (χ4v) is 2.64. The fraction of sp³-hybridized carbons (Fsp3) is 0.176. The molecule has 0 unspecified atom stereocenters. The third-order valence-electron chi connectivity index (χ3n) is 3.92. The summed E-state index contributed by atoms with van der Waals surface area (Å²) in [6.07, 6.45) is 0.422. The lowest BCUT2D eigenvalue weighted by Crippen LogP contribution is -2.44. The van der Waals surface area contributed by atoms with E-state index in [0.717, 1.165) is 5.56 Å². The molecule has 0 aliphatic heterocycles. The van der Waals surface area contributed by atoms with Crippen LogP contribution in [0.1, 0.15) is 28.3 Å². The molecule has 4 heteroatoms. The second kappa shape index (κ2) is 5.05. The molecular weight excluding hydrogens is 266 g/mol. The van der Waals surface area contributed by atoms with Crippen LogP contribution in [0, 0.1) is 0 Å². The summed E-state index contributed by atoms with van der Waals surface area (Å²) in [4.78, 5) is 23.8. The number of nitrogens with one attached hydrogen (secondary N) is 1. The van der Waals surface area contributed by atoms with Gasteiger partial charge >= 0.3 is 5.97 Å². The summed E-state index contributed by atoms with van der Waals surface area (Å²) in [5.74, 6) is -1.51. The van der Waals surface area contributed by atoms with Gasteiger partial charge in [0.15, 0.2) is 0 Å². The number of carbonyl (C=O) groups is 2. The number of hydrogen-bond donors (Lipinski definition) is 2. The summed E-state index contributed by atoms with van der Waals surface area (Å²) in [7, 11) is 0. The van der Waals surface area contributed by atoms with E-state index in [1.165, 1.54) is 0 Å². The Labute approximate surface area is 122 Å². The van der Waals surface area contributed by atoms with Crippen molar-refractivity contribution in [2.45, 2.75) is 17.9 Å². The average Bonchev–Trinajstić information content (AvgIpc) is 3.25. The topological polar surface area (TPSA) is 66.4 Å². The van der Waals surface area contributed by atoms with Crippen LogP contribution in [0.3, 0.4) is 0 Å². The number of carbonyl (C=O) groups excluding carboxylic acids is 1. The summed E-state index contributed by atoms with van der Waals surface area (Å²) in [5.41, 5.74) is 0.221. The standard InChI is InChI=1S/C17H15NO3/c19-15(13-9-5-2-6-10-13)18-17(16(20)21)11-14(17)12-7-3-1-4-8-12/h1-10,14H,11H2,(H,18,19)(H,20,21)/t14-,17-/m1/s1. The number of benzene rings is 2. The zero-order valence-corrected chi connectivity index (χ0v) is 11.3. The Morgan fingerprint density at radius 2 is 1.57 bits per heavy atom. The van der Waals surface area contributed by atoms with Crippen LogP contribution in [-0.2, 0) is 4.79 Å². The molecule has 106 valence electrons. The van der Waals surface area contributed by atoms with Gasteiger partial charge in [-0.15, -0.1) is 0 Å². The molecule has 1 amide bonds. The number of amides is 1. The van der Waals surface area contributed by atoms with E-state index in [4.69, 9.17) is 0 Å². The Morgan fingerprint density at radius 1 is 1.00 bits per heavy atom. The molecule has 0 radical (unpaired) electrons. The lowest BCUT2D eigenvalue weighted by molar-refractivity contribution is -0.140. The highest BCUT2D eigenvalue weighted by Crippen LogP contribution is 2.51. The van der Waals surface area contributed by atoms with Crippen LogP contribution in [0.25, 0.3) is 0 Å². The highest BCUT2D eigenvalue weighted by molar-refractivity contribution is 5.99. The highest BCUT2D eigenvalue weighted by Gasteiger charge is 2.62. The maximum Gasteiger partial charge on any atom is 0.330 e. The molecule has 2 atom stereocenters. The lowest BCUT2D eigenvalue weighted by Gasteiger charge is -2.15. The average molecular weight is 281 g/mol. The SMILES string of the molecule is O=C(N[C@]1(C(=O)O)C[C@@H]1c1ccccc1)c1ccccc1. The third-order valence-corrected chi connectivity index (χ3v) is 3.92. The van der Waals surface area contributed by atoms with Crippen LogP contribution in [0.4, 0.5) is 0 Å². The Morgan fingerprint density at radius 3 is 2.14 bits per heavy atom. The van der Waals surface area contributed by atoms with Gasteiger partial charge in [-0.3, -0.25) is 4.79 Å². The van der Waals surface area contributed by atoms with Crippen LogP contribution in [0.5, 0.6) is 0 Å². The molecule has 0 bridgehead atoms. The van der Waals surface area contributed by atoms with Crippen molar-refractivity contribution in [1.82, 2.24) is 5.32 Å². The first-order chi connectivity index (χ1) is 10.1. The van der Waals surface area contributed by atoms with Crippen molar-refractivity contribution in [3.63, 3.8) is 0 Å². The largest absolute Gasteiger partial charge is 0.479 e. The Kier molecular flexibility index (Phi) is 3.22. The van der Waals surface area contributed by atoms with Gasteiger partial charge in [0, 0.05) is 11.5 Å². The zero-order valence-electron chi connectivity index (χ0n) is 11.3. The summed E-state index contributed by atoms with van der Waals surface area (Å²) in [6.45, 7) is 0. The third kappa shape index (κ3) is 2.40. The van der Waals surface area contributed by atoms with Gasteiger partial charge in [-0.1, -0.05) is 48.5 Å². The van der Waals surface area contributed by atoms with Crippen molar-refractivity contribution >= 4 is 11.9 Å². The van der Waals surface area contributed by atoms with Crippen molar-refractivity contribution in [2.24, 2.45) is 0 Å². The Balaban J connectivity index is 1.82. The lowest BCUT2D eigenvalue weighted by atomic mass is 10.1. The van der Waals surface area contributed by atoms with Crippen LogP contribution in [0.15, 0.2) is 60.7 Å². The predicted molar refractivity (Wildman–Crippen MR) is 78.1 cm³/mol. The van der Waals surface area contributed by atoms with Crippen molar-refractivity contribution < 1.29 is 14.7 Å². The number of carboxylic acid groups (broad SMARTS) is 1. The molecule has 1 aliphatic rings. The second-order valence-electron chi connectivity index (χ2n) is 5.26. The van der Waals surface area contributed by atoms with Crippen molar-refractivity contribution in [3.8, 4) is 0 Å². The molecular formula is C17H15NO3. The van der Waals surface area contributed by atoms with Crippen molar-refractivity contribution in [2.75, 3.05) is 0 Å². The summed E-state index contributed by atoms with van der Waals surface area (Å²) < 4.78 is 0. The highest BCUT2D eigenvalue weighted by atomic mass is 16.4. The maximum atomic E-state index is 12.2. The number of hydrogen-bond acceptors (Lipinski definition) is 2. The number of carboxylic acids is 1. The van der Waals surface area contributed by atoms with Gasteiger partial charge in [0.2, 0.25) is 0 Å². The molecule has 0 aromatic heterocycles. The fourth-order valence-electron chi connectivity index (χ4n) is 2.64. The molecule has 1 aliphatic carbocycles. The van der Waals surface area contributed by atoms with Gasteiger partial charge in [-0.05, 0) is 24.1 Å². The first kappa shape index (κ1) is 13.4. The molecule has 3 rings (SSSR count). The predicted octanol–water partition coefficient (Wildman–Crippen LogP) is 2.43.